The zero-order valence-corrected chi connectivity index (χ0v) is 7.47. The highest BCUT2D eigenvalue weighted by molar-refractivity contribution is 5.66. The fourth-order valence-electron chi connectivity index (χ4n) is 1.14. The molecule has 0 aliphatic heterocycles. The summed E-state index contributed by atoms with van der Waals surface area (Å²) in [5.41, 5.74) is 0. The van der Waals surface area contributed by atoms with Crippen molar-refractivity contribution in [3.63, 3.8) is 0 Å². The predicted octanol–water partition coefficient (Wildman–Crippen LogP) is 2.68. The first-order chi connectivity index (χ1) is 5.16. The largest absolute Gasteiger partial charge is 0.481 e. The zero-order chi connectivity index (χ0) is 8.69. The van der Waals surface area contributed by atoms with Gasteiger partial charge in [-0.25, -0.2) is 0 Å². The van der Waals surface area contributed by atoms with Crippen LogP contribution >= 0.6 is 0 Å². The van der Waals surface area contributed by atoms with E-state index in [-0.39, 0.29) is 0 Å². The molecular weight excluding hydrogens is 139 g/mol. The third kappa shape index (κ3) is 7.37. The van der Waals surface area contributed by atoms with E-state index in [1.54, 1.807) is 0 Å². The first kappa shape index (κ1) is 10.5. The smallest absolute Gasteiger partial charge is 0.303 e. The van der Waals surface area contributed by atoms with Crippen LogP contribution in [0.1, 0.15) is 46.0 Å². The van der Waals surface area contributed by atoms with Crippen LogP contribution in [0.2, 0.25) is 0 Å². The van der Waals surface area contributed by atoms with Crippen molar-refractivity contribution in [1.82, 2.24) is 0 Å². The first-order valence-electron chi connectivity index (χ1n) is 4.38. The molecule has 0 aromatic rings. The second kappa shape index (κ2) is 6.20. The van der Waals surface area contributed by atoms with Gasteiger partial charge in [0.2, 0.25) is 0 Å². The Kier molecular flexibility index (Phi) is 5.90. The molecule has 1 unspecified atom stereocenters. The van der Waals surface area contributed by atoms with E-state index in [1.165, 1.54) is 19.3 Å². The average Bonchev–Trinajstić information content (AvgIpc) is 1.86. The molecule has 2 nitrogen and oxygen atoms in total. The Hall–Kier alpha value is -0.530. The van der Waals surface area contributed by atoms with Crippen LogP contribution in [0, 0.1) is 5.92 Å². The summed E-state index contributed by atoms with van der Waals surface area (Å²) < 4.78 is 0. The van der Waals surface area contributed by atoms with Crippen molar-refractivity contribution in [2.75, 3.05) is 0 Å². The molecule has 0 heterocycles. The van der Waals surface area contributed by atoms with Gasteiger partial charge in [0, 0.05) is 6.42 Å². The van der Waals surface area contributed by atoms with Gasteiger partial charge in [-0.1, -0.05) is 39.5 Å². The van der Waals surface area contributed by atoms with Gasteiger partial charge >= 0.3 is 5.97 Å². The standard InChI is InChI=1S/C9H18O2/c1-3-4-5-6-8(2)7-9(10)11/h8H,3-7H2,1-2H3,(H,10,11)/i9-1. The highest BCUT2D eigenvalue weighted by Gasteiger charge is 2.05. The van der Waals surface area contributed by atoms with Crippen LogP contribution in [0.3, 0.4) is 0 Å². The van der Waals surface area contributed by atoms with E-state index in [1.807, 2.05) is 6.92 Å². The Morgan fingerprint density at radius 1 is 1.45 bits per heavy atom. The predicted molar refractivity (Wildman–Crippen MR) is 45.6 cm³/mol. The van der Waals surface area contributed by atoms with E-state index < -0.39 is 5.97 Å². The molecule has 1 N–H and O–H groups in total. The summed E-state index contributed by atoms with van der Waals surface area (Å²) in [6.45, 7) is 4.16. The molecule has 2 heteroatoms. The van der Waals surface area contributed by atoms with E-state index >= 15 is 0 Å². The lowest BCUT2D eigenvalue weighted by atomic mass is 9.88. The van der Waals surface area contributed by atoms with Crippen molar-refractivity contribution >= 4 is 5.97 Å². The molecule has 0 bridgehead atoms. The highest BCUT2D eigenvalue weighted by atomic mass is 16.3. The third-order valence-corrected chi connectivity index (χ3v) is 1.82. The number of hydrogen-bond donors (Lipinski definition) is 1. The second-order valence-electron chi connectivity index (χ2n) is 3.20. The number of carboxylic acids is 1. The summed E-state index contributed by atoms with van der Waals surface area (Å²) >= 11 is 0. The molecule has 66 valence electrons. The Bertz CT molecular complexity index is 110. The summed E-state index contributed by atoms with van der Waals surface area (Å²) in [6.07, 6.45) is 4.98. The number of rotatable bonds is 6. The summed E-state index contributed by atoms with van der Waals surface area (Å²) in [4.78, 5) is 10.2. The Balaban J connectivity index is 3.22. The van der Waals surface area contributed by atoms with Crippen LogP contribution in [0.15, 0.2) is 0 Å². The second-order valence-corrected chi connectivity index (χ2v) is 3.20. The van der Waals surface area contributed by atoms with Crippen LogP contribution in [0.4, 0.5) is 0 Å². The highest BCUT2D eigenvalue weighted by Crippen LogP contribution is 2.12. The van der Waals surface area contributed by atoms with Gasteiger partial charge in [-0.3, -0.25) is 4.79 Å². The molecule has 0 spiro atoms. The van der Waals surface area contributed by atoms with Crippen LogP contribution in [0.5, 0.6) is 0 Å². The Morgan fingerprint density at radius 3 is 2.55 bits per heavy atom. The molecule has 1 atom stereocenters. The van der Waals surface area contributed by atoms with Gasteiger partial charge in [-0.15, -0.1) is 0 Å². The van der Waals surface area contributed by atoms with Gasteiger partial charge < -0.3 is 5.11 Å². The van der Waals surface area contributed by atoms with Crippen LogP contribution in [-0.4, -0.2) is 11.1 Å². The topological polar surface area (TPSA) is 37.3 Å². The van der Waals surface area contributed by atoms with E-state index in [9.17, 15) is 4.79 Å². The quantitative estimate of drug-likeness (QED) is 0.602. The first-order valence-corrected chi connectivity index (χ1v) is 4.38. The van der Waals surface area contributed by atoms with Gasteiger partial charge in [-0.05, 0) is 5.92 Å². The van der Waals surface area contributed by atoms with Crippen molar-refractivity contribution < 1.29 is 9.90 Å². The normalized spacial score (nSPS) is 12.9. The van der Waals surface area contributed by atoms with Gasteiger partial charge in [0.25, 0.3) is 0 Å². The van der Waals surface area contributed by atoms with Gasteiger partial charge in [-0.2, -0.15) is 0 Å². The maximum atomic E-state index is 10.2. The number of unbranched alkanes of at least 4 members (excludes halogenated alkanes) is 2. The minimum absolute atomic E-state index is 0.323. The van der Waals surface area contributed by atoms with Crippen LogP contribution in [-0.2, 0) is 4.79 Å². The molecule has 0 aliphatic rings. The maximum Gasteiger partial charge on any atom is 0.303 e. The van der Waals surface area contributed by atoms with E-state index in [2.05, 4.69) is 6.92 Å². The summed E-state index contributed by atoms with van der Waals surface area (Å²) in [5.74, 6) is -0.326. The molecule has 0 fully saturated rings. The third-order valence-electron chi connectivity index (χ3n) is 1.82. The van der Waals surface area contributed by atoms with Crippen LogP contribution in [0.25, 0.3) is 0 Å². The zero-order valence-electron chi connectivity index (χ0n) is 7.47. The fraction of sp³-hybridized carbons (Fsp3) is 0.889. The lowest BCUT2D eigenvalue weighted by Gasteiger charge is -2.06. The molecule has 0 rings (SSSR count). The van der Waals surface area contributed by atoms with Gasteiger partial charge in [0.1, 0.15) is 0 Å². The number of carbonyl (C=O) groups is 1. The SMILES string of the molecule is CCCCCC(C)C[11C](=O)O. The average molecular weight is 157 g/mol. The molecule has 11 heavy (non-hydrogen) atoms. The number of carboxylic acid groups (broad SMARTS) is 1. The minimum Gasteiger partial charge on any atom is -0.481 e. The Labute approximate surface area is 68.6 Å². The monoisotopic (exact) mass is 157 g/mol. The lowest BCUT2D eigenvalue weighted by molar-refractivity contribution is -0.138. The molecule has 0 saturated heterocycles. The minimum atomic E-state index is -0.672. The molecule has 0 aliphatic carbocycles. The van der Waals surface area contributed by atoms with Crippen molar-refractivity contribution in [3.8, 4) is 0 Å². The molecular formula is C9H18O2. The molecule has 0 aromatic heterocycles. The summed E-state index contributed by atoms with van der Waals surface area (Å²) in [6, 6.07) is 0. The maximum absolute atomic E-state index is 10.2. The van der Waals surface area contributed by atoms with Gasteiger partial charge in [0.15, 0.2) is 0 Å². The van der Waals surface area contributed by atoms with Crippen molar-refractivity contribution in [1.29, 1.82) is 0 Å². The van der Waals surface area contributed by atoms with Crippen molar-refractivity contribution in [2.45, 2.75) is 46.0 Å². The number of aliphatic carboxylic acids is 1. The van der Waals surface area contributed by atoms with E-state index in [4.69, 9.17) is 5.11 Å². The summed E-state index contributed by atoms with van der Waals surface area (Å²) in [5, 5.41) is 8.44. The molecule has 0 radical (unpaired) electrons. The molecule has 0 aromatic carbocycles. The van der Waals surface area contributed by atoms with E-state index in [0.29, 0.717) is 12.3 Å². The molecule has 0 saturated carbocycles. The van der Waals surface area contributed by atoms with E-state index in [0.717, 1.165) is 6.42 Å². The van der Waals surface area contributed by atoms with Gasteiger partial charge in [0.05, 0.1) is 0 Å². The Morgan fingerprint density at radius 2 is 2.09 bits per heavy atom. The van der Waals surface area contributed by atoms with Crippen molar-refractivity contribution in [2.24, 2.45) is 5.92 Å². The summed E-state index contributed by atoms with van der Waals surface area (Å²) in [7, 11) is 0. The number of hydrogen-bond acceptors (Lipinski definition) is 1. The van der Waals surface area contributed by atoms with Crippen LogP contribution < -0.4 is 0 Å². The lowest BCUT2D eigenvalue weighted by Crippen LogP contribution is -2.03. The fourth-order valence-corrected chi connectivity index (χ4v) is 1.14. The molecule has 0 amide bonds. The van der Waals surface area contributed by atoms with Crippen molar-refractivity contribution in [3.05, 3.63) is 0 Å².